The summed E-state index contributed by atoms with van der Waals surface area (Å²) in [6.07, 6.45) is 8.00. The summed E-state index contributed by atoms with van der Waals surface area (Å²) < 4.78 is 2.14. The minimum absolute atomic E-state index is 0.564. The van der Waals surface area contributed by atoms with E-state index in [1.807, 2.05) is 0 Å². The summed E-state index contributed by atoms with van der Waals surface area (Å²) >= 11 is 0. The molecule has 2 aromatic rings. The van der Waals surface area contributed by atoms with Crippen molar-refractivity contribution in [3.05, 3.63) is 30.0 Å². The first kappa shape index (κ1) is 14.6. The number of aryl methyl sites for hydroxylation is 1. The van der Waals surface area contributed by atoms with Crippen LogP contribution in [0.5, 0.6) is 0 Å². The van der Waals surface area contributed by atoms with Crippen LogP contribution in [-0.4, -0.2) is 22.9 Å². The van der Waals surface area contributed by atoms with Crippen molar-refractivity contribution in [3.8, 4) is 0 Å². The zero-order valence-electron chi connectivity index (χ0n) is 13.3. The normalized spacial score (nSPS) is 18.2. The van der Waals surface area contributed by atoms with Gasteiger partial charge in [-0.25, -0.2) is 0 Å². The van der Waals surface area contributed by atoms with Gasteiger partial charge in [0.15, 0.2) is 0 Å². The SMILES string of the molecule is CCn1nc(CC(NC)C2CCCCC2)c2ccccc21. The molecule has 1 unspecified atom stereocenters. The van der Waals surface area contributed by atoms with E-state index in [9.17, 15) is 0 Å². The summed E-state index contributed by atoms with van der Waals surface area (Å²) in [4.78, 5) is 0. The number of fused-ring (bicyclic) bond motifs is 1. The molecule has 1 fully saturated rings. The van der Waals surface area contributed by atoms with Gasteiger partial charge in [-0.2, -0.15) is 5.10 Å². The van der Waals surface area contributed by atoms with E-state index in [4.69, 9.17) is 5.10 Å². The average Bonchev–Trinajstić information content (AvgIpc) is 2.91. The van der Waals surface area contributed by atoms with Crippen LogP contribution in [0.4, 0.5) is 0 Å². The third-order valence-corrected chi connectivity index (χ3v) is 5.04. The lowest BCUT2D eigenvalue weighted by molar-refractivity contribution is 0.275. The Morgan fingerprint density at radius 1 is 1.24 bits per heavy atom. The monoisotopic (exact) mass is 285 g/mol. The highest BCUT2D eigenvalue weighted by Crippen LogP contribution is 2.29. The quantitative estimate of drug-likeness (QED) is 0.906. The van der Waals surface area contributed by atoms with E-state index in [1.54, 1.807) is 0 Å². The van der Waals surface area contributed by atoms with Crippen LogP contribution < -0.4 is 5.32 Å². The Morgan fingerprint density at radius 3 is 2.71 bits per heavy atom. The molecule has 1 aliphatic rings. The molecule has 1 aromatic heterocycles. The Kier molecular flexibility index (Phi) is 4.59. The van der Waals surface area contributed by atoms with E-state index in [-0.39, 0.29) is 0 Å². The Morgan fingerprint density at radius 2 is 2.00 bits per heavy atom. The second-order valence-corrected chi connectivity index (χ2v) is 6.28. The van der Waals surface area contributed by atoms with E-state index in [0.29, 0.717) is 6.04 Å². The minimum Gasteiger partial charge on any atom is -0.316 e. The van der Waals surface area contributed by atoms with Crippen molar-refractivity contribution >= 4 is 10.9 Å². The molecule has 1 aliphatic carbocycles. The van der Waals surface area contributed by atoms with E-state index in [2.05, 4.69) is 48.2 Å². The number of benzene rings is 1. The third kappa shape index (κ3) is 2.98. The van der Waals surface area contributed by atoms with Gasteiger partial charge in [0, 0.05) is 24.4 Å². The third-order valence-electron chi connectivity index (χ3n) is 5.04. The Bertz CT molecular complexity index is 581. The van der Waals surface area contributed by atoms with Crippen molar-refractivity contribution in [2.45, 2.75) is 58.0 Å². The summed E-state index contributed by atoms with van der Waals surface area (Å²) in [5.41, 5.74) is 2.53. The highest BCUT2D eigenvalue weighted by Gasteiger charge is 2.24. The fraction of sp³-hybridized carbons (Fsp3) is 0.611. The Hall–Kier alpha value is -1.35. The van der Waals surface area contributed by atoms with Crippen molar-refractivity contribution in [1.82, 2.24) is 15.1 Å². The van der Waals surface area contributed by atoms with Gasteiger partial charge in [0.05, 0.1) is 11.2 Å². The second-order valence-electron chi connectivity index (χ2n) is 6.28. The highest BCUT2D eigenvalue weighted by molar-refractivity contribution is 5.82. The van der Waals surface area contributed by atoms with Gasteiger partial charge < -0.3 is 5.32 Å². The first-order valence-electron chi connectivity index (χ1n) is 8.45. The number of hydrogen-bond acceptors (Lipinski definition) is 2. The molecule has 1 saturated carbocycles. The van der Waals surface area contributed by atoms with Gasteiger partial charge in [-0.05, 0) is 38.8 Å². The van der Waals surface area contributed by atoms with Crippen molar-refractivity contribution < 1.29 is 0 Å². The van der Waals surface area contributed by atoms with Crippen LogP contribution in [0.15, 0.2) is 24.3 Å². The van der Waals surface area contributed by atoms with Gasteiger partial charge in [0.1, 0.15) is 0 Å². The highest BCUT2D eigenvalue weighted by atomic mass is 15.3. The van der Waals surface area contributed by atoms with E-state index in [0.717, 1.165) is 18.9 Å². The minimum atomic E-state index is 0.564. The van der Waals surface area contributed by atoms with Crippen LogP contribution in [0, 0.1) is 5.92 Å². The van der Waals surface area contributed by atoms with Crippen LogP contribution in [0.2, 0.25) is 0 Å². The van der Waals surface area contributed by atoms with Gasteiger partial charge in [-0.15, -0.1) is 0 Å². The van der Waals surface area contributed by atoms with E-state index in [1.165, 1.54) is 48.7 Å². The molecule has 1 heterocycles. The largest absolute Gasteiger partial charge is 0.316 e. The van der Waals surface area contributed by atoms with Crippen LogP contribution in [0.3, 0.4) is 0 Å². The molecule has 0 amide bonds. The van der Waals surface area contributed by atoms with Gasteiger partial charge in [-0.1, -0.05) is 37.5 Å². The summed E-state index contributed by atoms with van der Waals surface area (Å²) in [6.45, 7) is 3.11. The average molecular weight is 285 g/mol. The summed E-state index contributed by atoms with van der Waals surface area (Å²) in [6, 6.07) is 9.20. The van der Waals surface area contributed by atoms with Gasteiger partial charge >= 0.3 is 0 Å². The molecule has 0 bridgehead atoms. The molecule has 0 radical (unpaired) electrons. The number of nitrogens with zero attached hydrogens (tertiary/aromatic N) is 2. The van der Waals surface area contributed by atoms with Gasteiger partial charge in [-0.3, -0.25) is 4.68 Å². The second kappa shape index (κ2) is 6.61. The molecule has 0 spiro atoms. The molecule has 3 rings (SSSR count). The van der Waals surface area contributed by atoms with E-state index < -0.39 is 0 Å². The number of rotatable bonds is 5. The van der Waals surface area contributed by atoms with E-state index >= 15 is 0 Å². The fourth-order valence-corrected chi connectivity index (χ4v) is 3.84. The first-order chi connectivity index (χ1) is 10.3. The molecule has 1 N–H and O–H groups in total. The van der Waals surface area contributed by atoms with Gasteiger partial charge in [0.25, 0.3) is 0 Å². The number of hydrogen-bond donors (Lipinski definition) is 1. The van der Waals surface area contributed by atoms with Crippen LogP contribution >= 0.6 is 0 Å². The van der Waals surface area contributed by atoms with Crippen LogP contribution in [-0.2, 0) is 13.0 Å². The van der Waals surface area contributed by atoms with Crippen molar-refractivity contribution in [3.63, 3.8) is 0 Å². The zero-order valence-corrected chi connectivity index (χ0v) is 13.3. The predicted octanol–water partition coefficient (Wildman–Crippen LogP) is 3.77. The molecule has 114 valence electrons. The molecule has 21 heavy (non-hydrogen) atoms. The molecule has 1 aromatic carbocycles. The van der Waals surface area contributed by atoms with Crippen LogP contribution in [0.1, 0.15) is 44.7 Å². The molecule has 0 aliphatic heterocycles. The molecule has 1 atom stereocenters. The number of likely N-dealkylation sites (N-methyl/N-ethyl adjacent to an activating group) is 1. The van der Waals surface area contributed by atoms with Crippen LogP contribution in [0.25, 0.3) is 10.9 Å². The molecular formula is C18H27N3. The molecule has 0 saturated heterocycles. The zero-order chi connectivity index (χ0) is 14.7. The predicted molar refractivity (Wildman–Crippen MR) is 88.5 cm³/mol. The smallest absolute Gasteiger partial charge is 0.0718 e. The molecule has 3 heteroatoms. The van der Waals surface area contributed by atoms with Crippen molar-refractivity contribution in [2.24, 2.45) is 5.92 Å². The maximum absolute atomic E-state index is 4.87. The topological polar surface area (TPSA) is 29.9 Å². The lowest BCUT2D eigenvalue weighted by atomic mass is 9.82. The summed E-state index contributed by atoms with van der Waals surface area (Å²) in [5, 5.41) is 9.76. The Labute approximate surface area is 127 Å². The van der Waals surface area contributed by atoms with Gasteiger partial charge in [0.2, 0.25) is 0 Å². The number of nitrogens with one attached hydrogen (secondary N) is 1. The number of aromatic nitrogens is 2. The standard InChI is InChI=1S/C18H27N3/c1-3-21-18-12-8-7-11-15(18)17(20-21)13-16(19-2)14-9-5-4-6-10-14/h7-8,11-12,14,16,19H,3-6,9-10,13H2,1-2H3. The summed E-state index contributed by atoms with van der Waals surface area (Å²) in [5.74, 6) is 0.814. The molecular weight excluding hydrogens is 258 g/mol. The fourth-order valence-electron chi connectivity index (χ4n) is 3.84. The first-order valence-corrected chi connectivity index (χ1v) is 8.45. The maximum atomic E-state index is 4.87. The Balaban J connectivity index is 1.85. The van der Waals surface area contributed by atoms with Crippen molar-refractivity contribution in [1.29, 1.82) is 0 Å². The summed E-state index contributed by atoms with van der Waals surface area (Å²) in [7, 11) is 2.11. The van der Waals surface area contributed by atoms with Crippen molar-refractivity contribution in [2.75, 3.05) is 7.05 Å². The lowest BCUT2D eigenvalue weighted by Gasteiger charge is -2.29. The molecule has 3 nitrogen and oxygen atoms in total. The number of para-hydroxylation sites is 1. The lowest BCUT2D eigenvalue weighted by Crippen LogP contribution is -2.36. The maximum Gasteiger partial charge on any atom is 0.0718 e.